The van der Waals surface area contributed by atoms with Crippen molar-refractivity contribution in [2.75, 3.05) is 6.54 Å². The molecule has 0 atom stereocenters. The summed E-state index contributed by atoms with van der Waals surface area (Å²) in [6, 6.07) is 5.13. The van der Waals surface area contributed by atoms with Gasteiger partial charge in [0.05, 0.1) is 10.9 Å². The van der Waals surface area contributed by atoms with E-state index in [9.17, 15) is 9.59 Å². The Balaban J connectivity index is 2.48. The molecule has 0 saturated heterocycles. The number of nitrogens with zero attached hydrogens (tertiary/aromatic N) is 3. The van der Waals surface area contributed by atoms with E-state index in [1.54, 1.807) is 16.8 Å². The fourth-order valence-corrected chi connectivity index (χ4v) is 2.78. The zero-order chi connectivity index (χ0) is 17.4. The molecule has 0 unspecified atom stereocenters. The summed E-state index contributed by atoms with van der Waals surface area (Å²) in [5, 5.41) is 11.3. The number of carbonyl (C=O) groups is 1. The third-order valence-electron chi connectivity index (χ3n) is 3.95. The summed E-state index contributed by atoms with van der Waals surface area (Å²) in [6.45, 7) is 6.46. The predicted octanol–water partition coefficient (Wildman–Crippen LogP) is 1.21. The van der Waals surface area contributed by atoms with Crippen LogP contribution in [0, 0.1) is 12.3 Å². The highest BCUT2D eigenvalue weighted by atomic mass is 16.1. The van der Waals surface area contributed by atoms with Crippen LogP contribution in [-0.2, 0) is 6.54 Å². The van der Waals surface area contributed by atoms with Crippen molar-refractivity contribution < 1.29 is 4.79 Å². The van der Waals surface area contributed by atoms with E-state index in [-0.39, 0.29) is 22.5 Å². The third kappa shape index (κ3) is 2.38. The highest BCUT2D eigenvalue weighted by Gasteiger charge is 2.16. The summed E-state index contributed by atoms with van der Waals surface area (Å²) in [5.41, 5.74) is 1.87. The van der Waals surface area contributed by atoms with Crippen molar-refractivity contribution in [3.63, 3.8) is 0 Å². The van der Waals surface area contributed by atoms with Crippen LogP contribution < -0.4 is 16.4 Å². The Kier molecular flexibility index (Phi) is 3.92. The summed E-state index contributed by atoms with van der Waals surface area (Å²) in [6.07, 6.45) is 1.72. The van der Waals surface area contributed by atoms with Gasteiger partial charge in [0.25, 0.3) is 11.5 Å². The van der Waals surface area contributed by atoms with Gasteiger partial charge in [0.15, 0.2) is 0 Å². The quantitative estimate of drug-likeness (QED) is 0.709. The molecule has 3 aromatic rings. The normalized spacial score (nSPS) is 11.1. The Hall–Kier alpha value is -2.96. The van der Waals surface area contributed by atoms with Crippen molar-refractivity contribution in [3.8, 4) is 0 Å². The minimum absolute atomic E-state index is 0.0549. The fraction of sp³-hybridized carbons (Fsp3) is 0.294. The second-order valence-corrected chi connectivity index (χ2v) is 5.60. The summed E-state index contributed by atoms with van der Waals surface area (Å²) in [7, 11) is 0. The van der Waals surface area contributed by atoms with E-state index in [1.165, 1.54) is 10.5 Å². The molecule has 0 radical (unpaired) electrons. The minimum atomic E-state index is -0.361. The van der Waals surface area contributed by atoms with Crippen molar-refractivity contribution in [1.82, 2.24) is 19.3 Å². The molecular weight excluding hydrogens is 306 g/mol. The minimum Gasteiger partial charge on any atom is -0.352 e. The van der Waals surface area contributed by atoms with Crippen LogP contribution in [0.1, 0.15) is 29.8 Å². The molecule has 3 aromatic heterocycles. The Bertz CT molecular complexity index is 1080. The lowest BCUT2D eigenvalue weighted by atomic mass is 10.2. The molecule has 7 heteroatoms. The molecule has 3 heterocycles. The van der Waals surface area contributed by atoms with Crippen LogP contribution in [0.2, 0.25) is 0 Å². The molecule has 0 bridgehead atoms. The van der Waals surface area contributed by atoms with Crippen LogP contribution in [0.5, 0.6) is 0 Å². The van der Waals surface area contributed by atoms with Crippen molar-refractivity contribution in [2.24, 2.45) is 0 Å². The largest absolute Gasteiger partial charge is 0.352 e. The van der Waals surface area contributed by atoms with E-state index in [0.717, 1.165) is 5.56 Å². The second-order valence-electron chi connectivity index (χ2n) is 5.60. The highest BCUT2D eigenvalue weighted by molar-refractivity contribution is 5.96. The maximum absolute atomic E-state index is 12.9. The molecule has 0 spiro atoms. The number of aromatic nitrogens is 3. The smallest absolute Gasteiger partial charge is 0.267 e. The first-order chi connectivity index (χ1) is 11.5. The van der Waals surface area contributed by atoms with Crippen LogP contribution in [0.25, 0.3) is 16.7 Å². The average molecular weight is 325 g/mol. The standard InChI is InChI=1S/C17H19N5O2/c1-4-19-16(23)11-8-12-15(21(5-2)14(11)18)20-13-7-6-10(3)9-22(13)17(12)24/h6-9,18H,4-5H2,1-3H3,(H,19,23). The summed E-state index contributed by atoms with van der Waals surface area (Å²) < 4.78 is 3.06. The summed E-state index contributed by atoms with van der Waals surface area (Å²) in [5.74, 6) is -0.361. The monoisotopic (exact) mass is 325 g/mol. The van der Waals surface area contributed by atoms with Gasteiger partial charge in [-0.25, -0.2) is 4.98 Å². The predicted molar refractivity (Wildman–Crippen MR) is 91.2 cm³/mol. The SMILES string of the molecule is CCNC(=O)c1cc2c(=O)n3cc(C)ccc3nc2n(CC)c1=N. The van der Waals surface area contributed by atoms with Crippen LogP contribution >= 0.6 is 0 Å². The van der Waals surface area contributed by atoms with E-state index >= 15 is 0 Å². The Morgan fingerprint density at radius 2 is 2.08 bits per heavy atom. The number of rotatable bonds is 3. The van der Waals surface area contributed by atoms with Gasteiger partial charge < -0.3 is 9.88 Å². The second kappa shape index (κ2) is 5.92. The molecule has 0 saturated carbocycles. The molecular formula is C17H19N5O2. The Morgan fingerprint density at radius 1 is 1.33 bits per heavy atom. The van der Waals surface area contributed by atoms with Crippen LogP contribution in [0.3, 0.4) is 0 Å². The van der Waals surface area contributed by atoms with Crippen molar-refractivity contribution in [2.45, 2.75) is 27.3 Å². The molecule has 124 valence electrons. The molecule has 7 nitrogen and oxygen atoms in total. The molecule has 0 fully saturated rings. The van der Waals surface area contributed by atoms with Gasteiger partial charge in [-0.05, 0) is 38.5 Å². The van der Waals surface area contributed by atoms with Gasteiger partial charge in [-0.2, -0.15) is 0 Å². The van der Waals surface area contributed by atoms with Gasteiger partial charge in [-0.15, -0.1) is 0 Å². The van der Waals surface area contributed by atoms with Crippen LogP contribution in [0.4, 0.5) is 0 Å². The lowest BCUT2D eigenvalue weighted by molar-refractivity contribution is 0.0953. The number of carbonyl (C=O) groups excluding carboxylic acids is 1. The summed E-state index contributed by atoms with van der Waals surface area (Å²) in [4.78, 5) is 29.6. The number of hydrogen-bond donors (Lipinski definition) is 2. The van der Waals surface area contributed by atoms with E-state index < -0.39 is 0 Å². The molecule has 24 heavy (non-hydrogen) atoms. The molecule has 0 aliphatic carbocycles. The van der Waals surface area contributed by atoms with Gasteiger partial charge in [0.2, 0.25) is 0 Å². The first kappa shape index (κ1) is 15.9. The van der Waals surface area contributed by atoms with E-state index in [1.807, 2.05) is 26.8 Å². The zero-order valence-corrected chi connectivity index (χ0v) is 13.9. The van der Waals surface area contributed by atoms with Gasteiger partial charge in [-0.3, -0.25) is 19.4 Å². The first-order valence-electron chi connectivity index (χ1n) is 7.87. The molecule has 0 aliphatic heterocycles. The number of aryl methyl sites for hydroxylation is 2. The number of hydrogen-bond acceptors (Lipinski definition) is 4. The molecule has 0 aromatic carbocycles. The molecule has 1 amide bonds. The Labute approximate surface area is 138 Å². The number of pyridine rings is 2. The third-order valence-corrected chi connectivity index (χ3v) is 3.95. The van der Waals surface area contributed by atoms with Crippen LogP contribution in [-0.4, -0.2) is 26.4 Å². The number of amides is 1. The van der Waals surface area contributed by atoms with Gasteiger partial charge in [0, 0.05) is 19.3 Å². The van der Waals surface area contributed by atoms with Gasteiger partial charge in [-0.1, -0.05) is 6.07 Å². The lowest BCUT2D eigenvalue weighted by Crippen LogP contribution is -2.34. The number of fused-ring (bicyclic) bond motifs is 2. The van der Waals surface area contributed by atoms with E-state index in [2.05, 4.69) is 10.3 Å². The Morgan fingerprint density at radius 3 is 2.75 bits per heavy atom. The maximum atomic E-state index is 12.9. The first-order valence-corrected chi connectivity index (χ1v) is 7.87. The van der Waals surface area contributed by atoms with Crippen molar-refractivity contribution in [3.05, 3.63) is 51.4 Å². The maximum Gasteiger partial charge on any atom is 0.267 e. The van der Waals surface area contributed by atoms with E-state index in [4.69, 9.17) is 5.41 Å². The lowest BCUT2D eigenvalue weighted by Gasteiger charge is -2.13. The topological polar surface area (TPSA) is 92.2 Å². The molecule has 0 aliphatic rings. The fourth-order valence-electron chi connectivity index (χ4n) is 2.78. The summed E-state index contributed by atoms with van der Waals surface area (Å²) >= 11 is 0. The van der Waals surface area contributed by atoms with Gasteiger partial charge in [0.1, 0.15) is 16.8 Å². The zero-order valence-electron chi connectivity index (χ0n) is 13.9. The van der Waals surface area contributed by atoms with Crippen molar-refractivity contribution in [1.29, 1.82) is 5.41 Å². The number of nitrogens with one attached hydrogen (secondary N) is 2. The molecule has 3 rings (SSSR count). The average Bonchev–Trinajstić information content (AvgIpc) is 2.55. The van der Waals surface area contributed by atoms with E-state index in [0.29, 0.717) is 29.8 Å². The molecule has 2 N–H and O–H groups in total. The van der Waals surface area contributed by atoms with Gasteiger partial charge >= 0.3 is 0 Å². The van der Waals surface area contributed by atoms with Crippen LogP contribution in [0.15, 0.2) is 29.2 Å². The van der Waals surface area contributed by atoms with Crippen molar-refractivity contribution >= 4 is 22.6 Å². The highest BCUT2D eigenvalue weighted by Crippen LogP contribution is 2.11.